The third kappa shape index (κ3) is 3.71. The Labute approximate surface area is 184 Å². The molecular formula is C27H29N3O. The van der Waals surface area contributed by atoms with E-state index in [4.69, 9.17) is 0 Å². The Morgan fingerprint density at radius 1 is 1.00 bits per heavy atom. The van der Waals surface area contributed by atoms with Gasteiger partial charge in [-0.3, -0.25) is 9.78 Å². The van der Waals surface area contributed by atoms with Crippen LogP contribution in [0.3, 0.4) is 0 Å². The largest absolute Gasteiger partial charge is 0.371 e. The van der Waals surface area contributed by atoms with Gasteiger partial charge in [0.25, 0.3) is 5.91 Å². The third-order valence-electron chi connectivity index (χ3n) is 7.02. The number of allylic oxidation sites excluding steroid dienone is 1. The van der Waals surface area contributed by atoms with E-state index in [1.165, 1.54) is 18.5 Å². The molecule has 0 atom stereocenters. The average Bonchev–Trinajstić information content (AvgIpc) is 3.56. The van der Waals surface area contributed by atoms with Crippen molar-refractivity contribution >= 4 is 16.8 Å². The second-order valence-corrected chi connectivity index (χ2v) is 9.23. The van der Waals surface area contributed by atoms with Crippen molar-refractivity contribution in [3.8, 4) is 11.1 Å². The second-order valence-electron chi connectivity index (χ2n) is 9.23. The van der Waals surface area contributed by atoms with Crippen LogP contribution in [-0.4, -0.2) is 46.9 Å². The molecule has 0 N–H and O–H groups in total. The molecule has 3 aromatic rings. The van der Waals surface area contributed by atoms with Crippen LogP contribution in [0.25, 0.3) is 22.0 Å². The molecule has 5 rings (SSSR count). The van der Waals surface area contributed by atoms with Crippen LogP contribution in [0.1, 0.15) is 35.7 Å². The number of piperazine rings is 1. The third-order valence-corrected chi connectivity index (χ3v) is 7.02. The van der Waals surface area contributed by atoms with Crippen molar-refractivity contribution in [2.45, 2.75) is 26.7 Å². The van der Waals surface area contributed by atoms with Crippen LogP contribution in [0, 0.1) is 12.3 Å². The summed E-state index contributed by atoms with van der Waals surface area (Å²) in [4.78, 5) is 22.1. The van der Waals surface area contributed by atoms with E-state index in [-0.39, 0.29) is 5.91 Å². The van der Waals surface area contributed by atoms with E-state index < -0.39 is 0 Å². The summed E-state index contributed by atoms with van der Waals surface area (Å²) < 4.78 is 0. The molecule has 4 heteroatoms. The number of benzene rings is 2. The molecule has 31 heavy (non-hydrogen) atoms. The topological polar surface area (TPSA) is 36.4 Å². The van der Waals surface area contributed by atoms with Crippen LogP contribution in [-0.2, 0) is 0 Å². The van der Waals surface area contributed by atoms with Gasteiger partial charge in [0.1, 0.15) is 0 Å². The summed E-state index contributed by atoms with van der Waals surface area (Å²) >= 11 is 0. The molecule has 2 aliphatic rings. The van der Waals surface area contributed by atoms with E-state index in [1.807, 2.05) is 41.4 Å². The van der Waals surface area contributed by atoms with Crippen LogP contribution in [0.2, 0.25) is 0 Å². The maximum Gasteiger partial charge on any atom is 0.253 e. The van der Waals surface area contributed by atoms with Crippen molar-refractivity contribution in [2.24, 2.45) is 5.41 Å². The molecule has 0 unspecified atom stereocenters. The Morgan fingerprint density at radius 3 is 2.42 bits per heavy atom. The molecule has 2 fully saturated rings. The number of aromatic nitrogens is 1. The highest BCUT2D eigenvalue weighted by molar-refractivity contribution is 5.95. The van der Waals surface area contributed by atoms with Crippen molar-refractivity contribution in [3.05, 3.63) is 78.1 Å². The van der Waals surface area contributed by atoms with E-state index in [9.17, 15) is 4.79 Å². The van der Waals surface area contributed by atoms with Crippen LogP contribution in [0.5, 0.6) is 0 Å². The van der Waals surface area contributed by atoms with E-state index in [0.29, 0.717) is 5.41 Å². The Balaban J connectivity index is 1.30. The summed E-state index contributed by atoms with van der Waals surface area (Å²) in [5.41, 5.74) is 6.60. The van der Waals surface area contributed by atoms with Gasteiger partial charge in [0, 0.05) is 60.0 Å². The van der Waals surface area contributed by atoms with Crippen LogP contribution < -0.4 is 0 Å². The zero-order valence-corrected chi connectivity index (χ0v) is 18.4. The summed E-state index contributed by atoms with van der Waals surface area (Å²) in [5, 5.41) is 1.12. The Hall–Kier alpha value is -3.14. The predicted molar refractivity (Wildman–Crippen MR) is 126 cm³/mol. The number of para-hydroxylation sites is 1. The number of carbonyl (C=O) groups is 1. The fourth-order valence-corrected chi connectivity index (χ4v) is 4.56. The zero-order chi connectivity index (χ0) is 21.6. The maximum absolute atomic E-state index is 13.1. The molecule has 0 spiro atoms. The Bertz CT molecular complexity index is 1170. The summed E-state index contributed by atoms with van der Waals surface area (Å²) in [5.74, 6) is 0.120. The highest BCUT2D eigenvalue weighted by Crippen LogP contribution is 2.51. The molecule has 1 aromatic heterocycles. The Kier molecular flexibility index (Phi) is 4.81. The molecule has 0 radical (unpaired) electrons. The van der Waals surface area contributed by atoms with Gasteiger partial charge in [-0.15, -0.1) is 0 Å². The van der Waals surface area contributed by atoms with Crippen molar-refractivity contribution in [1.29, 1.82) is 0 Å². The molecule has 4 nitrogen and oxygen atoms in total. The fraction of sp³-hybridized carbons (Fsp3) is 0.333. The highest BCUT2D eigenvalue weighted by atomic mass is 16.2. The maximum atomic E-state index is 13.1. The predicted octanol–water partition coefficient (Wildman–Crippen LogP) is 5.28. The van der Waals surface area contributed by atoms with Crippen LogP contribution in [0.4, 0.5) is 0 Å². The summed E-state index contributed by atoms with van der Waals surface area (Å²) in [7, 11) is 0. The zero-order valence-electron chi connectivity index (χ0n) is 18.4. The normalized spacial score (nSPS) is 17.6. The minimum absolute atomic E-state index is 0.120. The molecule has 0 bridgehead atoms. The van der Waals surface area contributed by atoms with E-state index in [1.54, 1.807) is 0 Å². The molecule has 1 aliphatic heterocycles. The van der Waals surface area contributed by atoms with Crippen molar-refractivity contribution < 1.29 is 4.79 Å². The first-order valence-electron chi connectivity index (χ1n) is 11.1. The van der Waals surface area contributed by atoms with Gasteiger partial charge in [0.2, 0.25) is 0 Å². The number of nitrogens with zero attached hydrogens (tertiary/aromatic N) is 3. The minimum Gasteiger partial charge on any atom is -0.371 e. The van der Waals surface area contributed by atoms with Crippen LogP contribution in [0.15, 0.2) is 67.0 Å². The molecule has 2 aromatic carbocycles. The van der Waals surface area contributed by atoms with Crippen molar-refractivity contribution in [3.63, 3.8) is 0 Å². The number of aryl methyl sites for hydroxylation is 1. The van der Waals surface area contributed by atoms with Gasteiger partial charge >= 0.3 is 0 Å². The first-order chi connectivity index (χ1) is 14.9. The number of hydrogen-bond donors (Lipinski definition) is 0. The second kappa shape index (κ2) is 7.52. The fourth-order valence-electron chi connectivity index (χ4n) is 4.56. The average molecular weight is 412 g/mol. The molecule has 2 heterocycles. The lowest BCUT2D eigenvalue weighted by atomic mass is 9.98. The van der Waals surface area contributed by atoms with Crippen molar-refractivity contribution in [1.82, 2.24) is 14.8 Å². The van der Waals surface area contributed by atoms with Crippen LogP contribution >= 0.6 is 0 Å². The van der Waals surface area contributed by atoms with Gasteiger partial charge in [-0.1, -0.05) is 37.8 Å². The lowest BCUT2D eigenvalue weighted by molar-refractivity contribution is 0.0659. The molecule has 1 amide bonds. The van der Waals surface area contributed by atoms with E-state index in [0.717, 1.165) is 59.3 Å². The number of carbonyl (C=O) groups excluding carboxylic acids is 1. The highest BCUT2D eigenvalue weighted by Gasteiger charge is 2.42. The van der Waals surface area contributed by atoms with Gasteiger partial charge < -0.3 is 9.80 Å². The number of pyridine rings is 1. The van der Waals surface area contributed by atoms with Gasteiger partial charge in [-0.05, 0) is 55.2 Å². The number of amides is 1. The smallest absolute Gasteiger partial charge is 0.253 e. The van der Waals surface area contributed by atoms with E-state index >= 15 is 0 Å². The quantitative estimate of drug-likeness (QED) is 0.586. The minimum atomic E-state index is 0.120. The lowest BCUT2D eigenvalue weighted by Gasteiger charge is -2.39. The first-order valence-corrected chi connectivity index (χ1v) is 11.1. The standard InChI is InChI=1S/C27H29N3O/c1-19-16-22(8-9-24(19)23-17-21-6-4-5-7-25(21)28-18-23)26(31)30-14-12-29(13-15-30)20(2)27(3)10-11-27/h4-9,16-18H,2,10-15H2,1,3H3. The lowest BCUT2D eigenvalue weighted by Crippen LogP contribution is -2.48. The molecule has 1 saturated carbocycles. The summed E-state index contributed by atoms with van der Waals surface area (Å²) in [6.45, 7) is 11.9. The molecule has 158 valence electrons. The monoisotopic (exact) mass is 411 g/mol. The molecule has 1 aliphatic carbocycles. The van der Waals surface area contributed by atoms with Gasteiger partial charge in [-0.2, -0.15) is 0 Å². The summed E-state index contributed by atoms with van der Waals surface area (Å²) in [6.07, 6.45) is 4.39. The SMILES string of the molecule is C=C(N1CCN(C(=O)c2ccc(-c3cnc4ccccc4c3)c(C)c2)CC1)C1(C)CC1. The van der Waals surface area contributed by atoms with Crippen molar-refractivity contribution in [2.75, 3.05) is 26.2 Å². The van der Waals surface area contributed by atoms with Gasteiger partial charge in [0.15, 0.2) is 0 Å². The first kappa shape index (κ1) is 19.8. The number of hydrogen-bond acceptors (Lipinski definition) is 3. The summed E-state index contributed by atoms with van der Waals surface area (Å²) in [6, 6.07) is 16.3. The molecular weight excluding hydrogens is 382 g/mol. The number of fused-ring (bicyclic) bond motifs is 1. The molecule has 1 saturated heterocycles. The van der Waals surface area contributed by atoms with Gasteiger partial charge in [0.05, 0.1) is 5.52 Å². The number of rotatable bonds is 4. The van der Waals surface area contributed by atoms with Gasteiger partial charge in [-0.25, -0.2) is 0 Å². The van der Waals surface area contributed by atoms with E-state index in [2.05, 4.69) is 48.5 Å². The Morgan fingerprint density at radius 2 is 1.71 bits per heavy atom.